The highest BCUT2D eigenvalue weighted by Gasteiger charge is 2.12. The third-order valence-electron chi connectivity index (χ3n) is 4.88. The van der Waals surface area contributed by atoms with E-state index in [-0.39, 0.29) is 5.91 Å². The van der Waals surface area contributed by atoms with Crippen molar-refractivity contribution in [3.63, 3.8) is 0 Å². The van der Waals surface area contributed by atoms with Gasteiger partial charge in [0.1, 0.15) is 6.33 Å². The first-order valence-corrected chi connectivity index (χ1v) is 9.55. The number of fused-ring (bicyclic) bond motifs is 1. The Hall–Kier alpha value is -4.26. The van der Waals surface area contributed by atoms with E-state index in [1.165, 1.54) is 0 Å². The number of hydrogen-bond donors (Lipinski definition) is 3. The summed E-state index contributed by atoms with van der Waals surface area (Å²) in [5, 5.41) is 19.4. The third-order valence-corrected chi connectivity index (χ3v) is 4.88. The first-order valence-electron chi connectivity index (χ1n) is 9.55. The fraction of sp³-hybridized carbons (Fsp3) is 0.0435. The van der Waals surface area contributed by atoms with Gasteiger partial charge in [0.2, 0.25) is 5.91 Å². The van der Waals surface area contributed by atoms with Crippen LogP contribution in [0.3, 0.4) is 0 Å². The number of rotatable bonds is 5. The first kappa shape index (κ1) is 17.8. The number of hydrogen-bond acceptors (Lipinski definition) is 4. The van der Waals surface area contributed by atoms with Gasteiger partial charge in [-0.3, -0.25) is 9.89 Å². The zero-order valence-corrected chi connectivity index (χ0v) is 16.0. The molecule has 1 amide bonds. The van der Waals surface area contributed by atoms with Crippen LogP contribution in [-0.4, -0.2) is 31.3 Å². The van der Waals surface area contributed by atoms with E-state index in [2.05, 4.69) is 30.7 Å². The van der Waals surface area contributed by atoms with Gasteiger partial charge in [-0.1, -0.05) is 42.5 Å². The summed E-state index contributed by atoms with van der Waals surface area (Å²) in [5.41, 5.74) is 5.28. The lowest BCUT2D eigenvalue weighted by Gasteiger charge is -2.07. The summed E-state index contributed by atoms with van der Waals surface area (Å²) in [4.78, 5) is 15.4. The molecule has 3 aromatic carbocycles. The molecule has 0 aliphatic rings. The van der Waals surface area contributed by atoms with Crippen molar-refractivity contribution >= 4 is 22.5 Å². The smallest absolute Gasteiger partial charge is 0.228 e. The number of nitrogens with zero attached hydrogens (tertiary/aromatic N) is 3. The second-order valence-electron chi connectivity index (χ2n) is 6.96. The zero-order chi connectivity index (χ0) is 20.3. The van der Waals surface area contributed by atoms with Crippen LogP contribution in [0, 0.1) is 0 Å². The molecule has 0 atom stereocenters. The molecule has 5 aromatic rings. The van der Waals surface area contributed by atoms with Crippen LogP contribution in [0.2, 0.25) is 0 Å². The minimum atomic E-state index is -0.0576. The van der Waals surface area contributed by atoms with Crippen LogP contribution in [0.1, 0.15) is 5.56 Å². The molecule has 2 heterocycles. The summed E-state index contributed by atoms with van der Waals surface area (Å²) in [5.74, 6) is 0.642. The Morgan fingerprint density at radius 2 is 1.83 bits per heavy atom. The maximum Gasteiger partial charge on any atom is 0.228 e. The Labute approximate surface area is 172 Å². The minimum Gasteiger partial charge on any atom is -0.328 e. The summed E-state index contributed by atoms with van der Waals surface area (Å²) in [7, 11) is 0. The Bertz CT molecular complexity index is 1310. The highest BCUT2D eigenvalue weighted by molar-refractivity contribution is 5.97. The summed E-state index contributed by atoms with van der Waals surface area (Å²) in [6, 6.07) is 23.3. The van der Waals surface area contributed by atoms with E-state index in [9.17, 15) is 4.79 Å². The van der Waals surface area contributed by atoms with E-state index in [0.717, 1.165) is 39.0 Å². The second kappa shape index (κ2) is 7.63. The molecule has 0 unspecified atom stereocenters. The normalized spacial score (nSPS) is 10.9. The molecule has 0 bridgehead atoms. The van der Waals surface area contributed by atoms with E-state index in [1.54, 1.807) is 6.33 Å². The van der Waals surface area contributed by atoms with Gasteiger partial charge in [-0.15, -0.1) is 10.2 Å². The minimum absolute atomic E-state index is 0.0576. The van der Waals surface area contributed by atoms with E-state index in [0.29, 0.717) is 12.2 Å². The van der Waals surface area contributed by atoms with Crippen LogP contribution >= 0.6 is 0 Å². The topological polar surface area (TPSA) is 99.3 Å². The third kappa shape index (κ3) is 3.56. The van der Waals surface area contributed by atoms with Crippen molar-refractivity contribution in [1.29, 1.82) is 0 Å². The average molecular weight is 394 g/mol. The van der Waals surface area contributed by atoms with Crippen LogP contribution in [0.4, 0.5) is 5.69 Å². The quantitative estimate of drug-likeness (QED) is 0.416. The number of benzene rings is 3. The number of amides is 1. The van der Waals surface area contributed by atoms with Gasteiger partial charge < -0.3 is 10.3 Å². The summed E-state index contributed by atoms with van der Waals surface area (Å²) in [6.07, 6.45) is 1.88. The second-order valence-corrected chi connectivity index (χ2v) is 6.96. The van der Waals surface area contributed by atoms with Crippen molar-refractivity contribution in [3.05, 3.63) is 84.7 Å². The van der Waals surface area contributed by atoms with Crippen molar-refractivity contribution in [2.24, 2.45) is 0 Å². The van der Waals surface area contributed by atoms with Crippen LogP contribution in [0.15, 0.2) is 79.1 Å². The number of aromatic amines is 2. The van der Waals surface area contributed by atoms with Gasteiger partial charge in [-0.05, 0) is 35.9 Å². The molecule has 0 aliphatic heterocycles. The van der Waals surface area contributed by atoms with Gasteiger partial charge in [0.05, 0.1) is 17.6 Å². The lowest BCUT2D eigenvalue weighted by Crippen LogP contribution is -2.14. The Morgan fingerprint density at radius 1 is 0.933 bits per heavy atom. The number of nitrogens with one attached hydrogen (secondary N) is 3. The average Bonchev–Trinajstić information content (AvgIpc) is 3.44. The lowest BCUT2D eigenvalue weighted by molar-refractivity contribution is -0.115. The fourth-order valence-corrected chi connectivity index (χ4v) is 3.46. The van der Waals surface area contributed by atoms with Crippen LogP contribution in [0.25, 0.3) is 33.5 Å². The molecule has 30 heavy (non-hydrogen) atoms. The molecule has 7 nitrogen and oxygen atoms in total. The highest BCUT2D eigenvalue weighted by atomic mass is 16.1. The van der Waals surface area contributed by atoms with E-state index < -0.39 is 0 Å². The monoisotopic (exact) mass is 394 g/mol. The molecule has 2 aromatic heterocycles. The molecule has 0 aliphatic carbocycles. The van der Waals surface area contributed by atoms with Gasteiger partial charge in [0.15, 0.2) is 5.82 Å². The summed E-state index contributed by atoms with van der Waals surface area (Å²) >= 11 is 0. The SMILES string of the molecule is O=C(Cc1ccccc1)Nc1cccc(-c2n[nH]c3ccc(-c4nnc[nH]4)cc23)c1. The van der Waals surface area contributed by atoms with E-state index in [4.69, 9.17) is 0 Å². The van der Waals surface area contributed by atoms with Crippen LogP contribution < -0.4 is 5.32 Å². The molecule has 0 saturated carbocycles. The molecule has 5 rings (SSSR count). The number of carbonyl (C=O) groups is 1. The van der Waals surface area contributed by atoms with Crippen LogP contribution in [-0.2, 0) is 11.2 Å². The van der Waals surface area contributed by atoms with Crippen molar-refractivity contribution < 1.29 is 4.79 Å². The summed E-state index contributed by atoms with van der Waals surface area (Å²) < 4.78 is 0. The molecule has 146 valence electrons. The van der Waals surface area contributed by atoms with Gasteiger partial charge in [0, 0.05) is 22.2 Å². The highest BCUT2D eigenvalue weighted by Crippen LogP contribution is 2.30. The molecular formula is C23H18N6O. The van der Waals surface area contributed by atoms with Gasteiger partial charge >= 0.3 is 0 Å². The largest absolute Gasteiger partial charge is 0.328 e. The molecular weight excluding hydrogens is 376 g/mol. The molecule has 3 N–H and O–H groups in total. The zero-order valence-electron chi connectivity index (χ0n) is 16.0. The van der Waals surface area contributed by atoms with E-state index in [1.807, 2.05) is 72.8 Å². The summed E-state index contributed by atoms with van der Waals surface area (Å²) in [6.45, 7) is 0. The van der Waals surface area contributed by atoms with Crippen molar-refractivity contribution in [1.82, 2.24) is 25.4 Å². The number of aromatic nitrogens is 5. The maximum atomic E-state index is 12.4. The molecule has 7 heteroatoms. The Morgan fingerprint density at radius 3 is 2.67 bits per heavy atom. The van der Waals surface area contributed by atoms with Gasteiger partial charge in [-0.2, -0.15) is 5.10 Å². The van der Waals surface area contributed by atoms with Gasteiger partial charge in [-0.25, -0.2) is 0 Å². The van der Waals surface area contributed by atoms with Gasteiger partial charge in [0.25, 0.3) is 0 Å². The fourth-order valence-electron chi connectivity index (χ4n) is 3.46. The Kier molecular flexibility index (Phi) is 4.53. The maximum absolute atomic E-state index is 12.4. The first-order chi connectivity index (χ1) is 14.8. The van der Waals surface area contributed by atoms with Crippen LogP contribution in [0.5, 0.6) is 0 Å². The lowest BCUT2D eigenvalue weighted by atomic mass is 10.0. The van der Waals surface area contributed by atoms with Crippen molar-refractivity contribution in [2.45, 2.75) is 6.42 Å². The standard InChI is InChI=1S/C23H18N6O/c30-21(11-15-5-2-1-3-6-15)26-18-8-4-7-16(12-18)22-19-13-17(23-24-14-25-29-23)9-10-20(19)27-28-22/h1-10,12-14H,11H2,(H,26,30)(H,27,28)(H,24,25,29). The van der Waals surface area contributed by atoms with E-state index >= 15 is 0 Å². The van der Waals surface area contributed by atoms with Crippen molar-refractivity contribution in [2.75, 3.05) is 5.32 Å². The molecule has 0 fully saturated rings. The number of carbonyl (C=O) groups excluding carboxylic acids is 1. The molecule has 0 radical (unpaired) electrons. The Balaban J connectivity index is 1.43. The molecule has 0 saturated heterocycles. The molecule has 0 spiro atoms. The predicted octanol–water partition coefficient (Wildman–Crippen LogP) is 4.20. The van der Waals surface area contributed by atoms with Crippen molar-refractivity contribution in [3.8, 4) is 22.6 Å². The predicted molar refractivity (Wildman–Crippen MR) is 116 cm³/mol. The number of anilines is 1. The number of H-pyrrole nitrogens is 2.